The van der Waals surface area contributed by atoms with Gasteiger partial charge in [-0.2, -0.15) is 0 Å². The van der Waals surface area contributed by atoms with Crippen LogP contribution in [-0.2, 0) is 11.2 Å². The molecule has 0 heterocycles. The second-order valence-electron chi connectivity index (χ2n) is 4.75. The van der Waals surface area contributed by atoms with Crippen molar-refractivity contribution in [3.05, 3.63) is 33.8 Å². The summed E-state index contributed by atoms with van der Waals surface area (Å²) >= 11 is 12.1. The molecule has 1 unspecified atom stereocenters. The molecule has 0 bridgehead atoms. The maximum Gasteiger partial charge on any atom is 0.0830 e. The van der Waals surface area contributed by atoms with Crippen molar-refractivity contribution in [1.29, 1.82) is 0 Å². The molecular weight excluding hydrogens is 281 g/mol. The second-order valence-corrected chi connectivity index (χ2v) is 5.59. The van der Waals surface area contributed by atoms with E-state index in [1.54, 1.807) is 6.07 Å². The fourth-order valence-electron chi connectivity index (χ4n) is 2.48. The van der Waals surface area contributed by atoms with Crippen molar-refractivity contribution < 1.29 is 4.74 Å². The molecule has 1 aromatic rings. The zero-order valence-electron chi connectivity index (χ0n) is 11.9. The molecule has 0 aromatic heterocycles. The normalized spacial score (nSPS) is 13.6. The Labute approximate surface area is 126 Å². The molecule has 0 spiro atoms. The van der Waals surface area contributed by atoms with Crippen molar-refractivity contribution in [2.45, 2.75) is 51.7 Å². The van der Waals surface area contributed by atoms with Crippen molar-refractivity contribution in [3.63, 3.8) is 0 Å². The van der Waals surface area contributed by atoms with Crippen LogP contribution in [0.3, 0.4) is 0 Å². The van der Waals surface area contributed by atoms with E-state index in [0.717, 1.165) is 18.4 Å². The summed E-state index contributed by atoms with van der Waals surface area (Å²) in [6.45, 7) is 6.90. The molecule has 0 aliphatic rings. The third kappa shape index (κ3) is 4.09. The van der Waals surface area contributed by atoms with E-state index in [9.17, 15) is 0 Å². The first-order valence-electron chi connectivity index (χ1n) is 6.82. The van der Waals surface area contributed by atoms with Gasteiger partial charge in [-0.25, -0.2) is 0 Å². The van der Waals surface area contributed by atoms with E-state index in [0.29, 0.717) is 23.1 Å². The van der Waals surface area contributed by atoms with E-state index in [1.807, 2.05) is 19.1 Å². The van der Waals surface area contributed by atoms with Crippen LogP contribution in [0.2, 0.25) is 10.0 Å². The largest absolute Gasteiger partial charge is 0.374 e. The molecule has 1 rings (SSSR count). The van der Waals surface area contributed by atoms with Crippen LogP contribution in [0.15, 0.2) is 18.2 Å². The molecule has 0 aliphatic carbocycles. The minimum Gasteiger partial charge on any atom is -0.374 e. The third-order valence-electron chi connectivity index (χ3n) is 3.76. The van der Waals surface area contributed by atoms with Crippen LogP contribution < -0.4 is 5.73 Å². The maximum absolute atomic E-state index is 6.38. The quantitative estimate of drug-likeness (QED) is 0.807. The van der Waals surface area contributed by atoms with Crippen molar-refractivity contribution >= 4 is 23.2 Å². The number of hydrogen-bond donors (Lipinski definition) is 1. The lowest BCUT2D eigenvalue weighted by molar-refractivity contribution is -0.0633. The molecule has 0 radical (unpaired) electrons. The van der Waals surface area contributed by atoms with Gasteiger partial charge >= 0.3 is 0 Å². The number of benzene rings is 1. The number of hydrogen-bond acceptors (Lipinski definition) is 2. The first-order chi connectivity index (χ1) is 8.99. The van der Waals surface area contributed by atoms with Gasteiger partial charge in [-0.3, -0.25) is 0 Å². The summed E-state index contributed by atoms with van der Waals surface area (Å²) in [4.78, 5) is 0. The molecule has 0 aliphatic heterocycles. The maximum atomic E-state index is 6.38. The van der Waals surface area contributed by atoms with Gasteiger partial charge in [-0.15, -0.1) is 0 Å². The van der Waals surface area contributed by atoms with Gasteiger partial charge in [0.2, 0.25) is 0 Å². The monoisotopic (exact) mass is 303 g/mol. The minimum absolute atomic E-state index is 0.0823. The van der Waals surface area contributed by atoms with Gasteiger partial charge in [0.25, 0.3) is 0 Å². The van der Waals surface area contributed by atoms with Crippen molar-refractivity contribution in [1.82, 2.24) is 0 Å². The van der Waals surface area contributed by atoms with Crippen molar-refractivity contribution in [2.75, 3.05) is 6.61 Å². The van der Waals surface area contributed by atoms with Crippen LogP contribution in [0.25, 0.3) is 0 Å². The van der Waals surface area contributed by atoms with Gasteiger partial charge in [0.15, 0.2) is 0 Å². The highest BCUT2D eigenvalue weighted by molar-refractivity contribution is 6.35. The van der Waals surface area contributed by atoms with E-state index in [2.05, 4.69) is 13.8 Å². The SMILES string of the molecule is CCOC(CC)(CC)C(N)Cc1ccc(Cl)cc1Cl. The lowest BCUT2D eigenvalue weighted by Crippen LogP contribution is -2.50. The Morgan fingerprint density at radius 1 is 1.21 bits per heavy atom. The third-order valence-corrected chi connectivity index (χ3v) is 4.35. The zero-order valence-corrected chi connectivity index (χ0v) is 13.4. The van der Waals surface area contributed by atoms with Crippen LogP contribution in [0.5, 0.6) is 0 Å². The van der Waals surface area contributed by atoms with Crippen LogP contribution in [0.1, 0.15) is 39.2 Å². The number of halogens is 2. The summed E-state index contributed by atoms with van der Waals surface area (Å²) in [6, 6.07) is 5.45. The summed E-state index contributed by atoms with van der Waals surface area (Å²) in [7, 11) is 0. The molecule has 0 fully saturated rings. The highest BCUT2D eigenvalue weighted by Crippen LogP contribution is 2.29. The summed E-state index contributed by atoms with van der Waals surface area (Å²) in [6.07, 6.45) is 2.48. The number of nitrogens with two attached hydrogens (primary N) is 1. The van der Waals surface area contributed by atoms with Gasteiger partial charge in [0, 0.05) is 22.7 Å². The highest BCUT2D eigenvalue weighted by atomic mass is 35.5. The second kappa shape index (κ2) is 7.49. The Hall–Kier alpha value is -0.280. The molecule has 2 N–H and O–H groups in total. The van der Waals surface area contributed by atoms with Gasteiger partial charge in [-0.1, -0.05) is 43.1 Å². The molecule has 19 heavy (non-hydrogen) atoms. The van der Waals surface area contributed by atoms with Crippen LogP contribution in [0.4, 0.5) is 0 Å². The summed E-state index contributed by atoms with van der Waals surface area (Å²) in [5, 5.41) is 1.31. The van der Waals surface area contributed by atoms with Gasteiger partial charge in [0.05, 0.1) is 5.60 Å². The van der Waals surface area contributed by atoms with Crippen LogP contribution >= 0.6 is 23.2 Å². The minimum atomic E-state index is -0.280. The topological polar surface area (TPSA) is 35.2 Å². The van der Waals surface area contributed by atoms with E-state index in [-0.39, 0.29) is 11.6 Å². The lowest BCUT2D eigenvalue weighted by atomic mass is 9.85. The van der Waals surface area contributed by atoms with Crippen molar-refractivity contribution in [2.24, 2.45) is 5.73 Å². The molecule has 1 aromatic carbocycles. The standard InChI is InChI=1S/C15H23Cl2NO/c1-4-15(5-2,19-6-3)14(18)9-11-7-8-12(16)10-13(11)17/h7-8,10,14H,4-6,9,18H2,1-3H3. The molecule has 108 valence electrons. The van der Waals surface area contributed by atoms with Crippen molar-refractivity contribution in [3.8, 4) is 0 Å². The fourth-order valence-corrected chi connectivity index (χ4v) is 2.97. The van der Waals surface area contributed by atoms with Crippen LogP contribution in [0, 0.1) is 0 Å². The van der Waals surface area contributed by atoms with E-state index in [4.69, 9.17) is 33.7 Å². The number of ether oxygens (including phenoxy) is 1. The molecular formula is C15H23Cl2NO. The van der Waals surface area contributed by atoms with Gasteiger partial charge in [-0.05, 0) is 43.9 Å². The molecule has 0 amide bonds. The van der Waals surface area contributed by atoms with Gasteiger partial charge < -0.3 is 10.5 Å². The fraction of sp³-hybridized carbons (Fsp3) is 0.600. The molecule has 0 saturated heterocycles. The Bertz CT molecular complexity index is 405. The Balaban J connectivity index is 2.89. The predicted octanol–water partition coefficient (Wildman–Crippen LogP) is 4.46. The van der Waals surface area contributed by atoms with E-state index in [1.165, 1.54) is 0 Å². The Morgan fingerprint density at radius 2 is 1.84 bits per heavy atom. The molecule has 4 heteroatoms. The summed E-state index contributed by atoms with van der Waals surface area (Å²) in [5.74, 6) is 0. The average molecular weight is 304 g/mol. The first-order valence-corrected chi connectivity index (χ1v) is 7.58. The molecule has 2 nitrogen and oxygen atoms in total. The van der Waals surface area contributed by atoms with Crippen LogP contribution in [-0.4, -0.2) is 18.2 Å². The number of rotatable bonds is 7. The summed E-state index contributed by atoms with van der Waals surface area (Å²) < 4.78 is 5.93. The molecule has 1 atom stereocenters. The summed E-state index contributed by atoms with van der Waals surface area (Å²) in [5.41, 5.74) is 7.12. The van der Waals surface area contributed by atoms with E-state index < -0.39 is 0 Å². The predicted molar refractivity (Wildman–Crippen MR) is 83.1 cm³/mol. The van der Waals surface area contributed by atoms with Gasteiger partial charge in [0.1, 0.15) is 0 Å². The lowest BCUT2D eigenvalue weighted by Gasteiger charge is -2.37. The average Bonchev–Trinajstić information content (AvgIpc) is 2.39. The highest BCUT2D eigenvalue weighted by Gasteiger charge is 2.34. The Morgan fingerprint density at radius 3 is 2.32 bits per heavy atom. The van der Waals surface area contributed by atoms with E-state index >= 15 is 0 Å². The molecule has 0 saturated carbocycles. The first kappa shape index (κ1) is 16.8. The smallest absolute Gasteiger partial charge is 0.0830 e. The Kier molecular flexibility index (Phi) is 6.61. The zero-order chi connectivity index (χ0) is 14.5.